The largest absolute Gasteiger partial charge is 0.481 e. The second-order valence-electron chi connectivity index (χ2n) is 8.28. The second kappa shape index (κ2) is 14.0. The highest BCUT2D eigenvalue weighted by molar-refractivity contribution is 7.98. The van der Waals surface area contributed by atoms with Gasteiger partial charge in [0.15, 0.2) is 0 Å². The fraction of sp³-hybridized carbons (Fsp3) is 0.762. The smallest absolute Gasteiger partial charge is 0.326 e. The van der Waals surface area contributed by atoms with Crippen molar-refractivity contribution in [1.82, 2.24) is 15.5 Å². The fourth-order valence-electron chi connectivity index (χ4n) is 3.61. The molecular formula is C21H36N4O7S. The van der Waals surface area contributed by atoms with E-state index >= 15 is 0 Å². The van der Waals surface area contributed by atoms with Gasteiger partial charge in [0.2, 0.25) is 17.7 Å². The van der Waals surface area contributed by atoms with Crippen LogP contribution in [0.15, 0.2) is 0 Å². The Hall–Kier alpha value is -2.34. The normalized spacial score (nSPS) is 19.3. The molecule has 3 amide bonds. The molecule has 188 valence electrons. The molecule has 0 saturated carbocycles. The van der Waals surface area contributed by atoms with E-state index in [-0.39, 0.29) is 18.8 Å². The van der Waals surface area contributed by atoms with Gasteiger partial charge in [-0.25, -0.2) is 4.79 Å². The number of carboxylic acid groups (broad SMARTS) is 2. The number of hydrogen-bond donors (Lipinski definition) is 5. The highest BCUT2D eigenvalue weighted by Crippen LogP contribution is 2.20. The minimum absolute atomic E-state index is 0.0730. The van der Waals surface area contributed by atoms with Crippen LogP contribution in [0.2, 0.25) is 0 Å². The summed E-state index contributed by atoms with van der Waals surface area (Å²) in [5.41, 5.74) is 5.77. The maximum Gasteiger partial charge on any atom is 0.326 e. The van der Waals surface area contributed by atoms with E-state index in [9.17, 15) is 29.1 Å². The van der Waals surface area contributed by atoms with E-state index in [0.29, 0.717) is 38.0 Å². The van der Waals surface area contributed by atoms with Crippen molar-refractivity contribution >= 4 is 41.4 Å². The first kappa shape index (κ1) is 28.7. The topological polar surface area (TPSA) is 179 Å². The first-order valence-corrected chi connectivity index (χ1v) is 12.5. The van der Waals surface area contributed by atoms with Crippen LogP contribution in [0.5, 0.6) is 0 Å². The third-order valence-electron chi connectivity index (χ3n) is 5.85. The molecule has 1 aliphatic rings. The van der Waals surface area contributed by atoms with Gasteiger partial charge in [-0.2, -0.15) is 11.8 Å². The summed E-state index contributed by atoms with van der Waals surface area (Å²) in [5.74, 6) is -3.52. The van der Waals surface area contributed by atoms with Gasteiger partial charge >= 0.3 is 11.9 Å². The van der Waals surface area contributed by atoms with E-state index in [1.165, 1.54) is 16.7 Å². The zero-order valence-corrected chi connectivity index (χ0v) is 20.2. The number of carbonyl (C=O) groups excluding carboxylic acids is 3. The molecule has 33 heavy (non-hydrogen) atoms. The lowest BCUT2D eigenvalue weighted by Crippen LogP contribution is -2.58. The number of hydrogen-bond acceptors (Lipinski definition) is 7. The summed E-state index contributed by atoms with van der Waals surface area (Å²) in [6.07, 6.45) is 3.32. The molecule has 5 unspecified atom stereocenters. The molecule has 1 saturated heterocycles. The van der Waals surface area contributed by atoms with E-state index in [2.05, 4.69) is 10.6 Å². The van der Waals surface area contributed by atoms with E-state index in [1.54, 1.807) is 6.92 Å². The van der Waals surface area contributed by atoms with E-state index in [1.807, 2.05) is 13.2 Å². The summed E-state index contributed by atoms with van der Waals surface area (Å²) >= 11 is 1.49. The maximum absolute atomic E-state index is 13.1. The summed E-state index contributed by atoms with van der Waals surface area (Å²) in [6.45, 7) is 3.93. The number of nitrogens with one attached hydrogen (secondary N) is 2. The van der Waals surface area contributed by atoms with Crippen LogP contribution < -0.4 is 16.4 Å². The zero-order chi connectivity index (χ0) is 25.1. The van der Waals surface area contributed by atoms with Gasteiger partial charge in [-0.15, -0.1) is 0 Å². The summed E-state index contributed by atoms with van der Waals surface area (Å²) in [4.78, 5) is 62.2. The lowest BCUT2D eigenvalue weighted by Gasteiger charge is -2.30. The first-order valence-electron chi connectivity index (χ1n) is 11.1. The summed E-state index contributed by atoms with van der Waals surface area (Å²) < 4.78 is 0. The van der Waals surface area contributed by atoms with Crippen LogP contribution in [0, 0.1) is 5.92 Å². The lowest BCUT2D eigenvalue weighted by molar-refractivity contribution is -0.149. The Balaban J connectivity index is 2.96. The van der Waals surface area contributed by atoms with Gasteiger partial charge in [0.1, 0.15) is 18.1 Å². The quantitative estimate of drug-likeness (QED) is 0.225. The van der Waals surface area contributed by atoms with Crippen LogP contribution in [0.4, 0.5) is 0 Å². The van der Waals surface area contributed by atoms with Gasteiger partial charge in [-0.1, -0.05) is 20.3 Å². The molecule has 12 heteroatoms. The van der Waals surface area contributed by atoms with Crippen LogP contribution in [0.25, 0.3) is 0 Å². The molecule has 5 atom stereocenters. The average Bonchev–Trinajstić information content (AvgIpc) is 3.27. The molecule has 0 radical (unpaired) electrons. The Morgan fingerprint density at radius 1 is 1.12 bits per heavy atom. The summed E-state index contributed by atoms with van der Waals surface area (Å²) in [7, 11) is 0. The molecule has 1 heterocycles. The molecule has 0 bridgehead atoms. The average molecular weight is 489 g/mol. The summed E-state index contributed by atoms with van der Waals surface area (Å²) in [5, 5.41) is 23.5. The Kier molecular flexibility index (Phi) is 12.2. The molecule has 1 aliphatic heterocycles. The number of rotatable bonds is 14. The Morgan fingerprint density at radius 2 is 1.79 bits per heavy atom. The molecular weight excluding hydrogens is 452 g/mol. The minimum atomic E-state index is -1.09. The predicted molar refractivity (Wildman–Crippen MR) is 124 cm³/mol. The van der Waals surface area contributed by atoms with Crippen LogP contribution in [-0.2, 0) is 24.0 Å². The number of aliphatic carboxylic acids is 2. The fourth-order valence-corrected chi connectivity index (χ4v) is 4.09. The lowest BCUT2D eigenvalue weighted by atomic mass is 9.97. The van der Waals surface area contributed by atoms with Crippen molar-refractivity contribution < 1.29 is 34.2 Å². The Bertz CT molecular complexity index is 721. The number of nitrogens with zero attached hydrogens (tertiary/aromatic N) is 1. The van der Waals surface area contributed by atoms with Gasteiger partial charge in [-0.3, -0.25) is 19.2 Å². The third kappa shape index (κ3) is 8.84. The van der Waals surface area contributed by atoms with Crippen LogP contribution in [0.3, 0.4) is 0 Å². The molecule has 0 spiro atoms. The van der Waals surface area contributed by atoms with Crippen LogP contribution in [0.1, 0.15) is 52.4 Å². The molecule has 6 N–H and O–H groups in total. The second-order valence-corrected chi connectivity index (χ2v) is 9.27. The zero-order valence-electron chi connectivity index (χ0n) is 19.4. The first-order chi connectivity index (χ1) is 15.5. The standard InChI is InChI=1S/C21H36N4O7S/c1-4-12(2)17(24-18(28)13(22)7-8-16(26)27)19(29)23-14(9-11-33-3)20(30)25-10-5-6-15(25)21(31)32/h12-15,17H,4-11,22H2,1-3H3,(H,23,29)(H,24,28)(H,26,27)(H,31,32). The van der Waals surface area contributed by atoms with Gasteiger partial charge in [-0.05, 0) is 43.6 Å². The van der Waals surface area contributed by atoms with Gasteiger partial charge in [0, 0.05) is 13.0 Å². The third-order valence-corrected chi connectivity index (χ3v) is 6.49. The van der Waals surface area contributed by atoms with Gasteiger partial charge < -0.3 is 31.5 Å². The van der Waals surface area contributed by atoms with Crippen molar-refractivity contribution in [1.29, 1.82) is 0 Å². The van der Waals surface area contributed by atoms with Crippen molar-refractivity contribution in [2.75, 3.05) is 18.6 Å². The molecule has 1 rings (SSSR count). The van der Waals surface area contributed by atoms with E-state index in [0.717, 1.165) is 0 Å². The van der Waals surface area contributed by atoms with Crippen molar-refractivity contribution in [2.24, 2.45) is 11.7 Å². The summed E-state index contributed by atoms with van der Waals surface area (Å²) in [6, 6.07) is -3.90. The molecule has 0 aliphatic carbocycles. The highest BCUT2D eigenvalue weighted by Gasteiger charge is 2.38. The number of nitrogens with two attached hydrogens (primary N) is 1. The van der Waals surface area contributed by atoms with Crippen LogP contribution in [-0.4, -0.2) is 87.5 Å². The van der Waals surface area contributed by atoms with E-state index < -0.39 is 53.8 Å². The molecule has 1 fully saturated rings. The SMILES string of the molecule is CCC(C)C(NC(=O)C(N)CCC(=O)O)C(=O)NC(CCSC)C(=O)N1CCCC1C(=O)O. The number of likely N-dealkylation sites (tertiary alicyclic amines) is 1. The van der Waals surface area contributed by atoms with Crippen LogP contribution >= 0.6 is 11.8 Å². The van der Waals surface area contributed by atoms with Crippen molar-refractivity contribution in [3.05, 3.63) is 0 Å². The maximum atomic E-state index is 13.1. The molecule has 0 aromatic heterocycles. The van der Waals surface area contributed by atoms with Crippen molar-refractivity contribution in [3.8, 4) is 0 Å². The van der Waals surface area contributed by atoms with Crippen molar-refractivity contribution in [2.45, 2.75) is 76.5 Å². The molecule has 0 aromatic carbocycles. The van der Waals surface area contributed by atoms with Crippen molar-refractivity contribution in [3.63, 3.8) is 0 Å². The molecule has 0 aromatic rings. The van der Waals surface area contributed by atoms with E-state index in [4.69, 9.17) is 10.8 Å². The number of amides is 3. The van der Waals surface area contributed by atoms with Gasteiger partial charge in [0.05, 0.1) is 6.04 Å². The minimum Gasteiger partial charge on any atom is -0.481 e. The number of carbonyl (C=O) groups is 5. The highest BCUT2D eigenvalue weighted by atomic mass is 32.2. The number of thioether (sulfide) groups is 1. The monoisotopic (exact) mass is 488 g/mol. The van der Waals surface area contributed by atoms with Gasteiger partial charge in [0.25, 0.3) is 0 Å². The number of carboxylic acids is 2. The Labute approximate surface area is 198 Å². The predicted octanol–water partition coefficient (Wildman–Crippen LogP) is 0.0229. The Morgan fingerprint density at radius 3 is 2.33 bits per heavy atom. The molecule has 11 nitrogen and oxygen atoms in total.